The van der Waals surface area contributed by atoms with Gasteiger partial charge in [0, 0.05) is 11.3 Å². The van der Waals surface area contributed by atoms with E-state index in [9.17, 15) is 4.79 Å². The van der Waals surface area contributed by atoms with Crippen LogP contribution in [0.5, 0.6) is 0 Å². The SMILES string of the molecule is COC(=O)c1ccc(NC(=S)N/N=C/c2cccc3ccccc23)cc1. The Hall–Kier alpha value is -3.25. The maximum Gasteiger partial charge on any atom is 0.337 e. The third-order valence-corrected chi connectivity index (χ3v) is 3.95. The smallest absolute Gasteiger partial charge is 0.337 e. The summed E-state index contributed by atoms with van der Waals surface area (Å²) in [5.41, 5.74) is 5.02. The number of esters is 1. The zero-order chi connectivity index (χ0) is 18.4. The molecule has 0 atom stereocenters. The highest BCUT2D eigenvalue weighted by atomic mass is 32.1. The monoisotopic (exact) mass is 363 g/mol. The van der Waals surface area contributed by atoms with Crippen molar-refractivity contribution in [1.29, 1.82) is 0 Å². The Morgan fingerprint density at radius 2 is 1.77 bits per heavy atom. The Morgan fingerprint density at radius 1 is 1.04 bits per heavy atom. The zero-order valence-electron chi connectivity index (χ0n) is 14.1. The molecule has 26 heavy (non-hydrogen) atoms. The van der Waals surface area contributed by atoms with Crippen LogP contribution in [0.4, 0.5) is 5.69 Å². The Bertz CT molecular complexity index is 963. The average Bonchev–Trinajstić information content (AvgIpc) is 2.68. The zero-order valence-corrected chi connectivity index (χ0v) is 14.9. The number of nitrogens with one attached hydrogen (secondary N) is 2. The lowest BCUT2D eigenvalue weighted by molar-refractivity contribution is 0.0601. The van der Waals surface area contributed by atoms with E-state index in [0.717, 1.165) is 22.0 Å². The number of hydrazone groups is 1. The Morgan fingerprint density at radius 3 is 2.54 bits per heavy atom. The van der Waals surface area contributed by atoms with Gasteiger partial charge in [-0.25, -0.2) is 4.79 Å². The molecule has 0 saturated heterocycles. The maximum atomic E-state index is 11.4. The number of thiocarbonyl (C=S) groups is 1. The number of nitrogens with zero attached hydrogens (tertiary/aromatic N) is 1. The third-order valence-electron chi connectivity index (χ3n) is 3.76. The van der Waals surface area contributed by atoms with Crippen molar-refractivity contribution in [3.8, 4) is 0 Å². The van der Waals surface area contributed by atoms with Crippen LogP contribution in [0.1, 0.15) is 15.9 Å². The fourth-order valence-corrected chi connectivity index (χ4v) is 2.66. The van der Waals surface area contributed by atoms with Crippen molar-refractivity contribution < 1.29 is 9.53 Å². The van der Waals surface area contributed by atoms with Crippen LogP contribution in [0.3, 0.4) is 0 Å². The van der Waals surface area contributed by atoms with Gasteiger partial charge in [-0.05, 0) is 47.3 Å². The van der Waals surface area contributed by atoms with E-state index in [1.165, 1.54) is 7.11 Å². The Kier molecular flexibility index (Phi) is 5.56. The molecule has 0 unspecified atom stereocenters. The first-order chi connectivity index (χ1) is 12.7. The highest BCUT2D eigenvalue weighted by Crippen LogP contribution is 2.16. The number of fused-ring (bicyclic) bond motifs is 1. The lowest BCUT2D eigenvalue weighted by atomic mass is 10.1. The molecule has 0 radical (unpaired) electrons. The summed E-state index contributed by atoms with van der Waals surface area (Å²) in [6, 6.07) is 21.0. The van der Waals surface area contributed by atoms with Crippen molar-refractivity contribution in [3.05, 3.63) is 77.9 Å². The van der Waals surface area contributed by atoms with Crippen molar-refractivity contribution in [3.63, 3.8) is 0 Å². The molecule has 130 valence electrons. The van der Waals surface area contributed by atoms with Gasteiger partial charge in [0.1, 0.15) is 0 Å². The molecule has 2 N–H and O–H groups in total. The van der Waals surface area contributed by atoms with Gasteiger partial charge < -0.3 is 10.1 Å². The second-order valence-corrected chi connectivity index (χ2v) is 5.87. The number of methoxy groups -OCH3 is 1. The van der Waals surface area contributed by atoms with Gasteiger partial charge in [-0.1, -0.05) is 42.5 Å². The molecule has 6 heteroatoms. The quantitative estimate of drug-likeness (QED) is 0.318. The van der Waals surface area contributed by atoms with Crippen LogP contribution in [0, 0.1) is 0 Å². The fourth-order valence-electron chi connectivity index (χ4n) is 2.49. The van der Waals surface area contributed by atoms with E-state index in [2.05, 4.69) is 38.8 Å². The van der Waals surface area contributed by atoms with Crippen molar-refractivity contribution in [2.45, 2.75) is 0 Å². The molecule has 0 amide bonds. The molecular formula is C20H17N3O2S. The first kappa shape index (κ1) is 17.6. The highest BCUT2D eigenvalue weighted by molar-refractivity contribution is 7.80. The van der Waals surface area contributed by atoms with E-state index < -0.39 is 0 Å². The van der Waals surface area contributed by atoms with Crippen LogP contribution in [0.2, 0.25) is 0 Å². The third kappa shape index (κ3) is 4.23. The molecule has 0 aromatic heterocycles. The maximum absolute atomic E-state index is 11.4. The van der Waals surface area contributed by atoms with Crippen LogP contribution in [-0.4, -0.2) is 24.4 Å². The van der Waals surface area contributed by atoms with Crippen LogP contribution in [0.15, 0.2) is 71.8 Å². The van der Waals surface area contributed by atoms with Gasteiger partial charge in [0.15, 0.2) is 5.11 Å². The second-order valence-electron chi connectivity index (χ2n) is 5.46. The summed E-state index contributed by atoms with van der Waals surface area (Å²) in [4.78, 5) is 11.4. The number of anilines is 1. The van der Waals surface area contributed by atoms with Gasteiger partial charge in [-0.3, -0.25) is 5.43 Å². The molecule has 0 bridgehead atoms. The number of rotatable bonds is 4. The van der Waals surface area contributed by atoms with Crippen LogP contribution in [0.25, 0.3) is 10.8 Å². The number of hydrogen-bond donors (Lipinski definition) is 2. The minimum absolute atomic E-state index is 0.354. The molecule has 3 aromatic carbocycles. The number of carbonyl (C=O) groups excluding carboxylic acids is 1. The predicted molar refractivity (Wildman–Crippen MR) is 109 cm³/mol. The minimum atomic E-state index is -0.378. The van der Waals surface area contributed by atoms with E-state index in [1.54, 1.807) is 30.5 Å². The summed E-state index contributed by atoms with van der Waals surface area (Å²) in [5, 5.41) is 9.83. The minimum Gasteiger partial charge on any atom is -0.465 e. The van der Waals surface area contributed by atoms with Crippen LogP contribution >= 0.6 is 12.2 Å². The molecule has 5 nitrogen and oxygen atoms in total. The van der Waals surface area contributed by atoms with Gasteiger partial charge in [0.25, 0.3) is 0 Å². The number of carbonyl (C=O) groups is 1. The normalized spacial score (nSPS) is 10.7. The lowest BCUT2D eigenvalue weighted by Crippen LogP contribution is -2.23. The second kappa shape index (κ2) is 8.22. The topological polar surface area (TPSA) is 62.7 Å². The van der Waals surface area contributed by atoms with Gasteiger partial charge in [-0.15, -0.1) is 0 Å². The van der Waals surface area contributed by atoms with Crippen molar-refractivity contribution in [2.75, 3.05) is 12.4 Å². The largest absolute Gasteiger partial charge is 0.465 e. The first-order valence-electron chi connectivity index (χ1n) is 7.93. The molecule has 0 aliphatic rings. The van der Waals surface area contributed by atoms with Gasteiger partial charge in [0.05, 0.1) is 18.9 Å². The van der Waals surface area contributed by atoms with E-state index >= 15 is 0 Å². The summed E-state index contributed by atoms with van der Waals surface area (Å²) >= 11 is 5.23. The van der Waals surface area contributed by atoms with Crippen molar-refractivity contribution in [2.24, 2.45) is 5.10 Å². The summed E-state index contributed by atoms with van der Waals surface area (Å²) in [7, 11) is 1.35. The van der Waals surface area contributed by atoms with Gasteiger partial charge in [-0.2, -0.15) is 5.10 Å². The molecule has 0 heterocycles. The summed E-state index contributed by atoms with van der Waals surface area (Å²) < 4.78 is 4.67. The van der Waals surface area contributed by atoms with E-state index in [0.29, 0.717) is 10.7 Å². The van der Waals surface area contributed by atoms with E-state index in [4.69, 9.17) is 12.2 Å². The molecule has 0 saturated carbocycles. The molecule has 3 aromatic rings. The van der Waals surface area contributed by atoms with Crippen molar-refractivity contribution >= 4 is 46.0 Å². The first-order valence-corrected chi connectivity index (χ1v) is 8.34. The summed E-state index contributed by atoms with van der Waals surface area (Å²) in [6.07, 6.45) is 1.73. The Balaban J connectivity index is 1.61. The van der Waals surface area contributed by atoms with E-state index in [-0.39, 0.29) is 5.97 Å². The summed E-state index contributed by atoms with van der Waals surface area (Å²) in [6.45, 7) is 0. The molecule has 0 fully saturated rings. The predicted octanol–water partition coefficient (Wildman–Crippen LogP) is 3.95. The van der Waals surface area contributed by atoms with Crippen LogP contribution in [-0.2, 0) is 4.74 Å². The number of benzene rings is 3. The molecule has 0 aliphatic carbocycles. The molecule has 0 spiro atoms. The van der Waals surface area contributed by atoms with E-state index in [1.807, 2.05) is 24.3 Å². The fraction of sp³-hybridized carbons (Fsp3) is 0.0500. The van der Waals surface area contributed by atoms with Gasteiger partial charge >= 0.3 is 5.97 Å². The van der Waals surface area contributed by atoms with Crippen LogP contribution < -0.4 is 10.7 Å². The Labute approximate surface area is 156 Å². The average molecular weight is 363 g/mol. The molecular weight excluding hydrogens is 346 g/mol. The number of ether oxygens (including phenoxy) is 1. The summed E-state index contributed by atoms with van der Waals surface area (Å²) in [5.74, 6) is -0.378. The molecule has 3 rings (SSSR count). The molecule has 0 aliphatic heterocycles. The van der Waals surface area contributed by atoms with Crippen molar-refractivity contribution in [1.82, 2.24) is 5.43 Å². The highest BCUT2D eigenvalue weighted by Gasteiger charge is 2.04. The lowest BCUT2D eigenvalue weighted by Gasteiger charge is -2.07. The van der Waals surface area contributed by atoms with Gasteiger partial charge in [0.2, 0.25) is 0 Å². The standard InChI is InChI=1S/C20H17N3O2S/c1-25-19(24)15-9-11-17(12-10-15)22-20(26)23-21-13-16-7-4-6-14-5-2-3-8-18(14)16/h2-13H,1H3,(H2,22,23,26)/b21-13+. The number of hydrogen-bond acceptors (Lipinski definition) is 4.